The first-order chi connectivity index (χ1) is 10.6. The van der Waals surface area contributed by atoms with Gasteiger partial charge in [0.2, 0.25) is 0 Å². The largest absolute Gasteiger partial charge is 0.252 e. The van der Waals surface area contributed by atoms with Crippen molar-refractivity contribution in [2.45, 2.75) is 67.2 Å². The van der Waals surface area contributed by atoms with E-state index in [1.807, 2.05) is 12.4 Å². The zero-order valence-electron chi connectivity index (χ0n) is 15.2. The molecule has 0 aromatic carbocycles. The van der Waals surface area contributed by atoms with Crippen LogP contribution in [-0.4, -0.2) is 22.4 Å². The minimum absolute atomic E-state index is 0.295. The van der Waals surface area contributed by atoms with Crippen LogP contribution in [0.25, 0.3) is 0 Å². The van der Waals surface area contributed by atoms with Crippen molar-refractivity contribution in [2.24, 2.45) is 20.8 Å². The second-order valence-electron chi connectivity index (χ2n) is 8.17. The quantitative estimate of drug-likeness (QED) is 0.459. The van der Waals surface area contributed by atoms with Gasteiger partial charge in [-0.25, -0.2) is 9.98 Å². The molecule has 0 aliphatic rings. The van der Waals surface area contributed by atoms with Gasteiger partial charge in [-0.05, 0) is 36.5 Å². The van der Waals surface area contributed by atoms with Gasteiger partial charge in [0.1, 0.15) is 5.15 Å². The molecule has 0 fully saturated rings. The Morgan fingerprint density at radius 2 is 1.43 bits per heavy atom. The molecule has 0 saturated heterocycles. The van der Waals surface area contributed by atoms with E-state index in [0.717, 1.165) is 25.7 Å². The first-order valence-corrected chi connectivity index (χ1v) is 8.53. The van der Waals surface area contributed by atoms with Gasteiger partial charge in [-0.3, -0.25) is 0 Å². The maximum Gasteiger partial charge on any atom is 0.252 e. The normalized spacial score (nSPS) is 13.3. The molecular formula is C18H29ClN4. The highest BCUT2D eigenvalue weighted by Gasteiger charge is 2.09. The Balaban J connectivity index is 2.64. The van der Waals surface area contributed by atoms with Crippen LogP contribution in [0.3, 0.4) is 0 Å². The van der Waals surface area contributed by atoms with Gasteiger partial charge >= 0.3 is 0 Å². The smallest absolute Gasteiger partial charge is 0.241 e. The Kier molecular flexibility index (Phi) is 7.33. The van der Waals surface area contributed by atoms with Crippen molar-refractivity contribution in [2.75, 3.05) is 0 Å². The van der Waals surface area contributed by atoms with Crippen molar-refractivity contribution in [3.8, 4) is 0 Å². The fourth-order valence-corrected chi connectivity index (χ4v) is 1.99. The SMILES string of the molecule is CC(C)(C)CCC=Nc1cc(Cl)nc(N=CCCC(C)(C)C)n1. The lowest BCUT2D eigenvalue weighted by atomic mass is 9.91. The van der Waals surface area contributed by atoms with E-state index in [1.165, 1.54) is 0 Å². The molecule has 0 atom stereocenters. The fraction of sp³-hybridized carbons (Fsp3) is 0.667. The molecule has 23 heavy (non-hydrogen) atoms. The molecule has 0 bridgehead atoms. The molecule has 0 unspecified atom stereocenters. The van der Waals surface area contributed by atoms with Crippen molar-refractivity contribution in [3.05, 3.63) is 11.2 Å². The Morgan fingerprint density at radius 1 is 0.913 bits per heavy atom. The molecule has 128 valence electrons. The van der Waals surface area contributed by atoms with E-state index in [0.29, 0.717) is 27.7 Å². The van der Waals surface area contributed by atoms with Gasteiger partial charge in [-0.1, -0.05) is 53.1 Å². The number of nitrogens with zero attached hydrogens (tertiary/aromatic N) is 4. The summed E-state index contributed by atoms with van der Waals surface area (Å²) < 4.78 is 0. The molecule has 1 aromatic rings. The maximum atomic E-state index is 6.02. The minimum Gasteiger partial charge on any atom is -0.241 e. The molecule has 0 saturated carbocycles. The molecule has 1 aromatic heterocycles. The van der Waals surface area contributed by atoms with Crippen molar-refractivity contribution < 1.29 is 0 Å². The molecule has 4 nitrogen and oxygen atoms in total. The molecule has 1 heterocycles. The van der Waals surface area contributed by atoms with Crippen LogP contribution in [0.5, 0.6) is 0 Å². The average Bonchev–Trinajstić information content (AvgIpc) is 2.37. The molecule has 1 rings (SSSR count). The van der Waals surface area contributed by atoms with Gasteiger partial charge < -0.3 is 0 Å². The van der Waals surface area contributed by atoms with E-state index in [1.54, 1.807) is 6.07 Å². The third-order valence-corrected chi connectivity index (χ3v) is 3.34. The second kappa shape index (κ2) is 8.53. The van der Waals surface area contributed by atoms with Crippen LogP contribution < -0.4 is 0 Å². The number of hydrogen-bond donors (Lipinski definition) is 0. The van der Waals surface area contributed by atoms with Gasteiger partial charge in [0.25, 0.3) is 5.95 Å². The van der Waals surface area contributed by atoms with Crippen molar-refractivity contribution in [1.29, 1.82) is 0 Å². The van der Waals surface area contributed by atoms with Crippen LogP contribution in [-0.2, 0) is 0 Å². The van der Waals surface area contributed by atoms with E-state index >= 15 is 0 Å². The molecule has 0 aliphatic heterocycles. The Morgan fingerprint density at radius 3 is 1.96 bits per heavy atom. The summed E-state index contributed by atoms with van der Waals surface area (Å²) in [6.45, 7) is 13.3. The highest BCUT2D eigenvalue weighted by molar-refractivity contribution is 6.29. The average molecular weight is 337 g/mol. The van der Waals surface area contributed by atoms with Crippen LogP contribution in [0.4, 0.5) is 11.8 Å². The predicted molar refractivity (Wildman–Crippen MR) is 101 cm³/mol. The van der Waals surface area contributed by atoms with E-state index in [-0.39, 0.29) is 0 Å². The summed E-state index contributed by atoms with van der Waals surface area (Å²) in [5.74, 6) is 0.927. The molecule has 5 heteroatoms. The van der Waals surface area contributed by atoms with Crippen LogP contribution >= 0.6 is 11.6 Å². The predicted octanol–water partition coefficient (Wildman–Crippen LogP) is 6.19. The summed E-state index contributed by atoms with van der Waals surface area (Å²) in [6.07, 6.45) is 7.68. The summed E-state index contributed by atoms with van der Waals surface area (Å²) in [5, 5.41) is 0.367. The monoisotopic (exact) mass is 336 g/mol. The van der Waals surface area contributed by atoms with Crippen molar-refractivity contribution >= 4 is 35.8 Å². The van der Waals surface area contributed by atoms with Crippen LogP contribution in [0.1, 0.15) is 67.2 Å². The third-order valence-electron chi connectivity index (χ3n) is 3.15. The van der Waals surface area contributed by atoms with E-state index in [2.05, 4.69) is 61.5 Å². The number of aromatic nitrogens is 2. The van der Waals surface area contributed by atoms with Gasteiger partial charge in [0.05, 0.1) is 0 Å². The zero-order valence-corrected chi connectivity index (χ0v) is 16.0. The summed E-state index contributed by atoms with van der Waals surface area (Å²) in [7, 11) is 0. The van der Waals surface area contributed by atoms with Crippen LogP contribution in [0.2, 0.25) is 5.15 Å². The number of halogens is 1. The lowest BCUT2D eigenvalue weighted by Gasteiger charge is -2.15. The molecular weight excluding hydrogens is 308 g/mol. The first-order valence-electron chi connectivity index (χ1n) is 8.15. The molecule has 0 radical (unpaired) electrons. The summed E-state index contributed by atoms with van der Waals surface area (Å²) in [5.41, 5.74) is 0.599. The lowest BCUT2D eigenvalue weighted by molar-refractivity contribution is 0.387. The second-order valence-corrected chi connectivity index (χ2v) is 8.56. The summed E-state index contributed by atoms with van der Waals surface area (Å²) in [6, 6.07) is 1.66. The summed E-state index contributed by atoms with van der Waals surface area (Å²) in [4.78, 5) is 17.1. The fourth-order valence-electron chi connectivity index (χ4n) is 1.82. The number of hydrogen-bond acceptors (Lipinski definition) is 4. The Bertz CT molecular complexity index is 505. The topological polar surface area (TPSA) is 50.5 Å². The van der Waals surface area contributed by atoms with E-state index in [9.17, 15) is 0 Å². The van der Waals surface area contributed by atoms with E-state index in [4.69, 9.17) is 11.6 Å². The maximum absolute atomic E-state index is 6.02. The molecule has 0 spiro atoms. The van der Waals surface area contributed by atoms with Crippen LogP contribution in [0, 0.1) is 10.8 Å². The van der Waals surface area contributed by atoms with Crippen molar-refractivity contribution in [1.82, 2.24) is 9.97 Å². The standard InChI is InChI=1S/C18H29ClN4/c1-17(2,3)9-7-11-20-15-13-14(19)22-16(23-15)21-12-8-10-18(4,5)6/h11-13H,7-10H2,1-6H3. The Labute approximate surface area is 145 Å². The number of rotatable bonds is 6. The highest BCUT2D eigenvalue weighted by atomic mass is 35.5. The molecule has 0 aliphatic carbocycles. The lowest BCUT2D eigenvalue weighted by Crippen LogP contribution is -2.04. The highest BCUT2D eigenvalue weighted by Crippen LogP contribution is 2.22. The van der Waals surface area contributed by atoms with Crippen molar-refractivity contribution in [3.63, 3.8) is 0 Å². The Hall–Kier alpha value is -1.29. The van der Waals surface area contributed by atoms with Gasteiger partial charge in [-0.15, -0.1) is 0 Å². The van der Waals surface area contributed by atoms with E-state index < -0.39 is 0 Å². The summed E-state index contributed by atoms with van der Waals surface area (Å²) >= 11 is 6.02. The third kappa shape index (κ3) is 10.2. The molecule has 0 N–H and O–H groups in total. The first kappa shape index (κ1) is 19.8. The molecule has 0 amide bonds. The zero-order chi connectivity index (χ0) is 17.5. The minimum atomic E-state index is 0.295. The van der Waals surface area contributed by atoms with Gasteiger partial charge in [-0.2, -0.15) is 9.97 Å². The van der Waals surface area contributed by atoms with Gasteiger partial charge in [0.15, 0.2) is 5.82 Å². The number of aliphatic imine (C=N–C) groups is 2. The van der Waals surface area contributed by atoms with Crippen LogP contribution in [0.15, 0.2) is 16.1 Å². The van der Waals surface area contributed by atoms with Gasteiger partial charge in [0, 0.05) is 18.5 Å².